The number of amides is 2. The number of ether oxygens (including phenoxy) is 2. The van der Waals surface area contributed by atoms with Crippen LogP contribution in [0, 0.1) is 6.92 Å². The number of carbonyl (C=O) groups excluding carboxylic acids is 2. The quantitative estimate of drug-likeness (QED) is 0.739. The molecule has 2 aromatic rings. The number of fused-ring (bicyclic) bond motifs is 1. The Hall–Kier alpha value is -3.06. The van der Waals surface area contributed by atoms with Crippen molar-refractivity contribution in [2.45, 2.75) is 44.7 Å². The van der Waals surface area contributed by atoms with Crippen LogP contribution in [0.25, 0.3) is 0 Å². The van der Waals surface area contributed by atoms with Crippen molar-refractivity contribution in [1.82, 2.24) is 5.32 Å². The summed E-state index contributed by atoms with van der Waals surface area (Å²) in [7, 11) is 0. The number of anilines is 1. The maximum Gasteiger partial charge on any atom is 0.255 e. The third kappa shape index (κ3) is 4.35. The Kier molecular flexibility index (Phi) is 5.40. The first-order valence-electron chi connectivity index (χ1n) is 9.87. The molecule has 0 radical (unpaired) electrons. The number of rotatable bonds is 4. The fourth-order valence-corrected chi connectivity index (χ4v) is 3.71. The lowest BCUT2D eigenvalue weighted by Gasteiger charge is -2.26. The van der Waals surface area contributed by atoms with Crippen molar-refractivity contribution in [1.29, 1.82) is 0 Å². The van der Waals surface area contributed by atoms with Crippen molar-refractivity contribution in [2.24, 2.45) is 5.73 Å². The molecular formula is C22H25N3O4. The van der Waals surface area contributed by atoms with Gasteiger partial charge in [-0.25, -0.2) is 0 Å². The van der Waals surface area contributed by atoms with Crippen LogP contribution in [0.3, 0.4) is 0 Å². The number of benzene rings is 2. The van der Waals surface area contributed by atoms with E-state index in [1.54, 1.807) is 36.4 Å². The monoisotopic (exact) mass is 395 g/mol. The van der Waals surface area contributed by atoms with Gasteiger partial charge in [0.05, 0.1) is 0 Å². The highest BCUT2D eigenvalue weighted by molar-refractivity contribution is 6.05. The van der Waals surface area contributed by atoms with E-state index >= 15 is 0 Å². The van der Waals surface area contributed by atoms with E-state index in [4.69, 9.17) is 15.2 Å². The van der Waals surface area contributed by atoms with Crippen molar-refractivity contribution >= 4 is 17.5 Å². The van der Waals surface area contributed by atoms with Crippen molar-refractivity contribution in [2.75, 3.05) is 12.1 Å². The number of aryl methyl sites for hydroxylation is 1. The minimum Gasteiger partial charge on any atom is -0.454 e. The summed E-state index contributed by atoms with van der Waals surface area (Å²) in [4.78, 5) is 25.1. The van der Waals surface area contributed by atoms with Crippen LogP contribution in [0.2, 0.25) is 0 Å². The van der Waals surface area contributed by atoms with Gasteiger partial charge in [0.2, 0.25) is 6.79 Å². The molecule has 1 aliphatic carbocycles. The maximum absolute atomic E-state index is 12.6. The molecule has 0 saturated heterocycles. The van der Waals surface area contributed by atoms with Crippen LogP contribution in [-0.2, 0) is 0 Å². The van der Waals surface area contributed by atoms with Gasteiger partial charge >= 0.3 is 0 Å². The highest BCUT2D eigenvalue weighted by Gasteiger charge is 2.21. The lowest BCUT2D eigenvalue weighted by Crippen LogP contribution is -2.40. The van der Waals surface area contributed by atoms with Gasteiger partial charge in [0.25, 0.3) is 11.8 Å². The molecule has 4 rings (SSSR count). The molecule has 152 valence electrons. The summed E-state index contributed by atoms with van der Waals surface area (Å²) < 4.78 is 10.6. The van der Waals surface area contributed by atoms with Gasteiger partial charge in [-0.1, -0.05) is 0 Å². The molecule has 0 bridgehead atoms. The van der Waals surface area contributed by atoms with Crippen LogP contribution in [0.4, 0.5) is 5.69 Å². The van der Waals surface area contributed by atoms with Crippen LogP contribution in [0.1, 0.15) is 52.0 Å². The molecule has 29 heavy (non-hydrogen) atoms. The van der Waals surface area contributed by atoms with Crippen molar-refractivity contribution in [3.05, 3.63) is 53.1 Å². The molecule has 0 atom stereocenters. The molecule has 1 aliphatic heterocycles. The van der Waals surface area contributed by atoms with Crippen LogP contribution in [0.5, 0.6) is 11.5 Å². The Bertz CT molecular complexity index is 936. The molecule has 1 fully saturated rings. The van der Waals surface area contributed by atoms with Gasteiger partial charge in [0, 0.05) is 28.9 Å². The largest absolute Gasteiger partial charge is 0.454 e. The average Bonchev–Trinajstić information content (AvgIpc) is 3.19. The van der Waals surface area contributed by atoms with E-state index in [0.717, 1.165) is 31.2 Å². The zero-order valence-electron chi connectivity index (χ0n) is 16.4. The highest BCUT2D eigenvalue weighted by atomic mass is 16.7. The fourth-order valence-electron chi connectivity index (χ4n) is 3.71. The molecule has 7 heteroatoms. The van der Waals surface area contributed by atoms with E-state index < -0.39 is 0 Å². The summed E-state index contributed by atoms with van der Waals surface area (Å²) in [6.07, 6.45) is 3.70. The minimum atomic E-state index is -0.248. The first kappa shape index (κ1) is 19.3. The van der Waals surface area contributed by atoms with Gasteiger partial charge in [-0.3, -0.25) is 9.59 Å². The predicted molar refractivity (Wildman–Crippen MR) is 109 cm³/mol. The van der Waals surface area contributed by atoms with Crippen molar-refractivity contribution in [3.63, 3.8) is 0 Å². The summed E-state index contributed by atoms with van der Waals surface area (Å²) in [6.45, 7) is 2.03. The highest BCUT2D eigenvalue weighted by Crippen LogP contribution is 2.32. The maximum atomic E-state index is 12.6. The summed E-state index contributed by atoms with van der Waals surface area (Å²) in [6, 6.07) is 10.8. The zero-order chi connectivity index (χ0) is 20.4. The van der Waals surface area contributed by atoms with E-state index in [1.165, 1.54) is 0 Å². The van der Waals surface area contributed by atoms with E-state index in [-0.39, 0.29) is 30.7 Å². The van der Waals surface area contributed by atoms with Crippen molar-refractivity contribution < 1.29 is 19.1 Å². The first-order valence-corrected chi connectivity index (χ1v) is 9.87. The zero-order valence-corrected chi connectivity index (χ0v) is 16.4. The number of hydrogen-bond acceptors (Lipinski definition) is 5. The lowest BCUT2D eigenvalue weighted by molar-refractivity contribution is 0.0925. The molecular weight excluding hydrogens is 370 g/mol. The number of hydrogen-bond donors (Lipinski definition) is 3. The van der Waals surface area contributed by atoms with E-state index in [1.807, 2.05) is 6.92 Å². The topological polar surface area (TPSA) is 103 Å². The van der Waals surface area contributed by atoms with Crippen molar-refractivity contribution in [3.8, 4) is 11.5 Å². The minimum absolute atomic E-state index is 0.0952. The van der Waals surface area contributed by atoms with Gasteiger partial charge in [-0.15, -0.1) is 0 Å². The molecule has 0 spiro atoms. The third-order valence-corrected chi connectivity index (χ3v) is 5.48. The Morgan fingerprint density at radius 3 is 2.38 bits per heavy atom. The van der Waals surface area contributed by atoms with Crippen LogP contribution in [0.15, 0.2) is 36.4 Å². The molecule has 0 unspecified atom stereocenters. The van der Waals surface area contributed by atoms with E-state index in [2.05, 4.69) is 10.6 Å². The Morgan fingerprint density at radius 1 is 0.931 bits per heavy atom. The molecule has 1 saturated carbocycles. The molecule has 2 aromatic carbocycles. The fraction of sp³-hybridized carbons (Fsp3) is 0.364. The second-order valence-electron chi connectivity index (χ2n) is 7.64. The SMILES string of the molecule is Cc1cc(C(=O)NC2CCC(N)CC2)ccc1NC(=O)c1ccc2c(c1)OCO2. The first-order chi connectivity index (χ1) is 14.0. The number of nitrogens with two attached hydrogens (primary N) is 1. The van der Waals surface area contributed by atoms with Gasteiger partial charge in [0.1, 0.15) is 0 Å². The summed E-state index contributed by atoms with van der Waals surface area (Å²) in [5, 5.41) is 5.97. The lowest BCUT2D eigenvalue weighted by atomic mass is 9.91. The second-order valence-corrected chi connectivity index (χ2v) is 7.64. The van der Waals surface area contributed by atoms with E-state index in [0.29, 0.717) is 28.3 Å². The van der Waals surface area contributed by atoms with Crippen LogP contribution in [-0.4, -0.2) is 30.7 Å². The normalized spacial score (nSPS) is 20.2. The molecule has 2 aliphatic rings. The Labute approximate surface area is 169 Å². The van der Waals surface area contributed by atoms with Crippen LogP contribution >= 0.6 is 0 Å². The summed E-state index contributed by atoms with van der Waals surface area (Å²) in [5.74, 6) is 0.850. The average molecular weight is 395 g/mol. The summed E-state index contributed by atoms with van der Waals surface area (Å²) >= 11 is 0. The van der Waals surface area contributed by atoms with Gasteiger partial charge < -0.3 is 25.8 Å². The predicted octanol–water partition coefficient (Wildman–Crippen LogP) is 2.98. The van der Waals surface area contributed by atoms with Gasteiger partial charge in [-0.05, 0) is 74.6 Å². The van der Waals surface area contributed by atoms with Crippen LogP contribution < -0.4 is 25.8 Å². The Balaban J connectivity index is 1.40. The Morgan fingerprint density at radius 2 is 1.62 bits per heavy atom. The molecule has 4 N–H and O–H groups in total. The van der Waals surface area contributed by atoms with Gasteiger partial charge in [-0.2, -0.15) is 0 Å². The number of carbonyl (C=O) groups is 2. The molecule has 1 heterocycles. The van der Waals surface area contributed by atoms with E-state index in [9.17, 15) is 9.59 Å². The number of nitrogens with one attached hydrogen (secondary N) is 2. The standard InChI is InChI=1S/C22H25N3O4/c1-13-10-14(21(26)24-17-6-4-16(23)5-7-17)2-8-18(13)25-22(27)15-3-9-19-20(11-15)29-12-28-19/h2-3,8-11,16-17H,4-7,12,23H2,1H3,(H,24,26)(H,25,27). The summed E-state index contributed by atoms with van der Waals surface area (Å²) in [5.41, 5.74) is 8.46. The molecule has 0 aromatic heterocycles. The molecule has 2 amide bonds. The second kappa shape index (κ2) is 8.13. The molecule has 7 nitrogen and oxygen atoms in total. The third-order valence-electron chi connectivity index (χ3n) is 5.48. The smallest absolute Gasteiger partial charge is 0.255 e. The van der Waals surface area contributed by atoms with Gasteiger partial charge in [0.15, 0.2) is 11.5 Å².